The number of aliphatic hydroxyl groups excluding tert-OH is 1. The monoisotopic (exact) mass is 223 g/mol. The number of benzene rings is 1. The number of nitrogens with two attached hydrogens (primary N) is 1. The molecule has 0 aliphatic rings. The van der Waals surface area contributed by atoms with E-state index in [1.165, 1.54) is 0 Å². The number of hydrogen-bond acceptors (Lipinski definition) is 4. The highest BCUT2D eigenvalue weighted by molar-refractivity contribution is 6.39. The highest BCUT2D eigenvalue weighted by Crippen LogP contribution is 2.09. The van der Waals surface area contributed by atoms with E-state index in [1.54, 1.807) is 29.7 Å². The summed E-state index contributed by atoms with van der Waals surface area (Å²) < 4.78 is 0. The van der Waals surface area contributed by atoms with Crippen LogP contribution in [0.25, 0.3) is 0 Å². The van der Waals surface area contributed by atoms with Crippen molar-refractivity contribution in [2.45, 2.75) is 6.42 Å². The maximum atomic E-state index is 11.1. The number of carbonyl (C=O) groups is 2. The molecule has 0 aliphatic heterocycles. The minimum atomic E-state index is -0.903. The second-order valence-corrected chi connectivity index (χ2v) is 3.10. The van der Waals surface area contributed by atoms with Crippen molar-refractivity contribution in [2.75, 3.05) is 11.9 Å². The number of rotatable bonds is 3. The van der Waals surface area contributed by atoms with Gasteiger partial charge in [0.05, 0.1) is 0 Å². The molecular formula is C10H13N3O3. The van der Waals surface area contributed by atoms with Gasteiger partial charge in [-0.1, -0.05) is 12.1 Å². The molecule has 0 spiro atoms. The number of hydrazine groups is 1. The van der Waals surface area contributed by atoms with Crippen molar-refractivity contribution in [3.8, 4) is 0 Å². The third kappa shape index (κ3) is 3.34. The molecule has 0 aromatic heterocycles. The molecule has 0 aliphatic carbocycles. The lowest BCUT2D eigenvalue weighted by Gasteiger charge is -2.04. The molecule has 86 valence electrons. The number of hydrogen-bond donors (Lipinski definition) is 4. The lowest BCUT2D eigenvalue weighted by molar-refractivity contribution is -0.136. The van der Waals surface area contributed by atoms with Crippen molar-refractivity contribution in [3.05, 3.63) is 29.8 Å². The van der Waals surface area contributed by atoms with E-state index in [4.69, 9.17) is 10.9 Å². The van der Waals surface area contributed by atoms with Gasteiger partial charge >= 0.3 is 11.8 Å². The number of amides is 2. The van der Waals surface area contributed by atoms with Crippen molar-refractivity contribution in [2.24, 2.45) is 5.84 Å². The van der Waals surface area contributed by atoms with Crippen LogP contribution in [0.2, 0.25) is 0 Å². The van der Waals surface area contributed by atoms with Gasteiger partial charge in [0, 0.05) is 12.3 Å². The van der Waals surface area contributed by atoms with Crippen LogP contribution in [0.3, 0.4) is 0 Å². The summed E-state index contributed by atoms with van der Waals surface area (Å²) in [6.45, 7) is 0.0707. The Morgan fingerprint density at radius 1 is 1.19 bits per heavy atom. The summed E-state index contributed by atoms with van der Waals surface area (Å²) in [6.07, 6.45) is 0.553. The van der Waals surface area contributed by atoms with Gasteiger partial charge in [-0.15, -0.1) is 0 Å². The van der Waals surface area contributed by atoms with Crippen molar-refractivity contribution in [1.82, 2.24) is 5.43 Å². The molecule has 0 bridgehead atoms. The molecule has 2 amide bonds. The smallest absolute Gasteiger partial charge is 0.323 e. The van der Waals surface area contributed by atoms with Gasteiger partial charge in [-0.3, -0.25) is 15.0 Å². The van der Waals surface area contributed by atoms with Crippen LogP contribution in [0.1, 0.15) is 5.56 Å². The molecule has 0 heterocycles. The zero-order chi connectivity index (χ0) is 12.0. The molecule has 0 saturated heterocycles. The van der Waals surface area contributed by atoms with Crippen molar-refractivity contribution in [3.63, 3.8) is 0 Å². The van der Waals surface area contributed by atoms with Crippen LogP contribution < -0.4 is 16.6 Å². The van der Waals surface area contributed by atoms with Crippen molar-refractivity contribution < 1.29 is 14.7 Å². The van der Waals surface area contributed by atoms with Crippen LogP contribution in [0, 0.1) is 0 Å². The van der Waals surface area contributed by atoms with Crippen molar-refractivity contribution >= 4 is 17.5 Å². The number of aliphatic hydroxyl groups is 1. The van der Waals surface area contributed by atoms with Crippen LogP contribution in [0.15, 0.2) is 24.3 Å². The minimum Gasteiger partial charge on any atom is -0.396 e. The average molecular weight is 223 g/mol. The molecule has 6 nitrogen and oxygen atoms in total. The molecule has 16 heavy (non-hydrogen) atoms. The zero-order valence-electron chi connectivity index (χ0n) is 8.56. The third-order valence-electron chi connectivity index (χ3n) is 1.95. The Morgan fingerprint density at radius 3 is 2.31 bits per heavy atom. The van der Waals surface area contributed by atoms with Gasteiger partial charge in [0.2, 0.25) is 0 Å². The topological polar surface area (TPSA) is 104 Å². The lowest BCUT2D eigenvalue weighted by atomic mass is 10.1. The number of nitrogens with one attached hydrogen (secondary N) is 2. The predicted molar refractivity (Wildman–Crippen MR) is 58.2 cm³/mol. The van der Waals surface area contributed by atoms with Crippen LogP contribution in [0.4, 0.5) is 5.69 Å². The minimum absolute atomic E-state index is 0.0707. The molecule has 0 unspecified atom stereocenters. The zero-order valence-corrected chi connectivity index (χ0v) is 8.56. The van der Waals surface area contributed by atoms with Crippen LogP contribution in [0.5, 0.6) is 0 Å². The normalized spacial score (nSPS) is 9.62. The van der Waals surface area contributed by atoms with E-state index in [-0.39, 0.29) is 6.61 Å². The molecule has 0 fully saturated rings. The Hall–Kier alpha value is -1.92. The summed E-state index contributed by atoms with van der Waals surface area (Å²) >= 11 is 0. The molecule has 0 radical (unpaired) electrons. The summed E-state index contributed by atoms with van der Waals surface area (Å²) in [7, 11) is 0. The first kappa shape index (κ1) is 12.2. The summed E-state index contributed by atoms with van der Waals surface area (Å²) in [5, 5.41) is 11.1. The van der Waals surface area contributed by atoms with Crippen LogP contribution in [-0.2, 0) is 16.0 Å². The van der Waals surface area contributed by atoms with E-state index in [2.05, 4.69) is 5.32 Å². The predicted octanol–water partition coefficient (Wildman–Crippen LogP) is -0.850. The molecule has 1 aromatic rings. The molecule has 6 heteroatoms. The maximum absolute atomic E-state index is 11.1. The van der Waals surface area contributed by atoms with Crippen molar-refractivity contribution in [1.29, 1.82) is 0 Å². The first-order valence-electron chi connectivity index (χ1n) is 4.69. The van der Waals surface area contributed by atoms with E-state index in [0.29, 0.717) is 12.1 Å². The Bertz CT molecular complexity index is 375. The second-order valence-electron chi connectivity index (χ2n) is 3.10. The van der Waals surface area contributed by atoms with E-state index in [1.807, 2.05) is 0 Å². The average Bonchev–Trinajstić information content (AvgIpc) is 2.31. The summed E-state index contributed by atoms with van der Waals surface area (Å²) in [5.74, 6) is 3.08. The van der Waals surface area contributed by atoms with E-state index < -0.39 is 11.8 Å². The Labute approximate surface area is 92.4 Å². The third-order valence-corrected chi connectivity index (χ3v) is 1.95. The Kier molecular flexibility index (Phi) is 4.43. The summed E-state index contributed by atoms with van der Waals surface area (Å²) in [4.78, 5) is 21.9. The highest BCUT2D eigenvalue weighted by Gasteiger charge is 2.11. The Balaban J connectivity index is 2.61. The van der Waals surface area contributed by atoms with E-state index in [0.717, 1.165) is 5.56 Å². The molecule has 0 saturated carbocycles. The van der Waals surface area contributed by atoms with Gasteiger partial charge in [0.15, 0.2) is 0 Å². The fourth-order valence-electron chi connectivity index (χ4n) is 1.14. The molecule has 5 N–H and O–H groups in total. The van der Waals surface area contributed by atoms with E-state index in [9.17, 15) is 9.59 Å². The van der Waals surface area contributed by atoms with Crippen LogP contribution >= 0.6 is 0 Å². The highest BCUT2D eigenvalue weighted by atomic mass is 16.3. The van der Waals surface area contributed by atoms with Gasteiger partial charge in [-0.2, -0.15) is 0 Å². The number of anilines is 1. The molecule has 1 rings (SSSR count). The summed E-state index contributed by atoms with van der Waals surface area (Å²) in [5.41, 5.74) is 3.18. The van der Waals surface area contributed by atoms with Crippen LogP contribution in [-0.4, -0.2) is 23.5 Å². The molecular weight excluding hydrogens is 210 g/mol. The summed E-state index contributed by atoms with van der Waals surface area (Å²) in [6, 6.07) is 6.80. The fourth-order valence-corrected chi connectivity index (χ4v) is 1.14. The SMILES string of the molecule is NNC(=O)C(=O)Nc1ccc(CCO)cc1. The lowest BCUT2D eigenvalue weighted by Crippen LogP contribution is -2.39. The van der Waals surface area contributed by atoms with Gasteiger partial charge in [0.25, 0.3) is 0 Å². The first-order chi connectivity index (χ1) is 7.67. The molecule has 0 atom stereocenters. The molecule has 1 aromatic carbocycles. The largest absolute Gasteiger partial charge is 0.396 e. The standard InChI is InChI=1S/C10H13N3O3/c11-13-10(16)9(15)12-8-3-1-7(2-4-8)5-6-14/h1-4,14H,5-6,11H2,(H,12,15)(H,13,16). The van der Waals surface area contributed by atoms with Gasteiger partial charge in [0.1, 0.15) is 0 Å². The van der Waals surface area contributed by atoms with Gasteiger partial charge in [-0.25, -0.2) is 5.84 Å². The fraction of sp³-hybridized carbons (Fsp3) is 0.200. The second kappa shape index (κ2) is 5.84. The van der Waals surface area contributed by atoms with Gasteiger partial charge in [-0.05, 0) is 24.1 Å². The maximum Gasteiger partial charge on any atom is 0.323 e. The van der Waals surface area contributed by atoms with Gasteiger partial charge < -0.3 is 10.4 Å². The number of carbonyl (C=O) groups excluding carboxylic acids is 2. The van der Waals surface area contributed by atoms with E-state index >= 15 is 0 Å². The first-order valence-corrected chi connectivity index (χ1v) is 4.69. The Morgan fingerprint density at radius 2 is 1.81 bits per heavy atom. The quantitative estimate of drug-likeness (QED) is 0.232.